The Bertz CT molecular complexity index is 222. The van der Waals surface area contributed by atoms with Crippen LogP contribution in [0.3, 0.4) is 0 Å². The van der Waals surface area contributed by atoms with Crippen molar-refractivity contribution in [1.29, 1.82) is 0 Å². The standard InChI is InChI=1S/C14H28N2O/c1-3-12-5-6-13(9-12)15-10-14-11-16(4-2)7-8-17-14/h12-15H,3-11H2,1-2H3. The van der Waals surface area contributed by atoms with Crippen LogP contribution >= 0.6 is 0 Å². The minimum Gasteiger partial charge on any atom is -0.374 e. The van der Waals surface area contributed by atoms with Crippen LogP contribution in [0.25, 0.3) is 0 Å². The second-order valence-electron chi connectivity index (χ2n) is 5.58. The number of nitrogens with zero attached hydrogens (tertiary/aromatic N) is 1. The Morgan fingerprint density at radius 1 is 1.29 bits per heavy atom. The first kappa shape index (κ1) is 13.3. The van der Waals surface area contributed by atoms with Crippen LogP contribution in [-0.4, -0.2) is 49.8 Å². The van der Waals surface area contributed by atoms with E-state index in [0.717, 1.165) is 44.7 Å². The van der Waals surface area contributed by atoms with E-state index in [2.05, 4.69) is 24.1 Å². The lowest BCUT2D eigenvalue weighted by atomic mass is 10.1. The normalized spacial score (nSPS) is 35.3. The topological polar surface area (TPSA) is 24.5 Å². The van der Waals surface area contributed by atoms with Crippen molar-refractivity contribution >= 4 is 0 Å². The van der Waals surface area contributed by atoms with Gasteiger partial charge in [-0.15, -0.1) is 0 Å². The van der Waals surface area contributed by atoms with Crippen molar-refractivity contribution in [3.8, 4) is 0 Å². The molecule has 100 valence electrons. The van der Waals surface area contributed by atoms with E-state index < -0.39 is 0 Å². The summed E-state index contributed by atoms with van der Waals surface area (Å²) in [4.78, 5) is 2.49. The van der Waals surface area contributed by atoms with Gasteiger partial charge in [0.2, 0.25) is 0 Å². The van der Waals surface area contributed by atoms with Crippen LogP contribution in [0.2, 0.25) is 0 Å². The van der Waals surface area contributed by atoms with Gasteiger partial charge in [-0.25, -0.2) is 0 Å². The number of hydrogen-bond acceptors (Lipinski definition) is 3. The molecule has 3 nitrogen and oxygen atoms in total. The fourth-order valence-corrected chi connectivity index (χ4v) is 3.12. The second-order valence-corrected chi connectivity index (χ2v) is 5.58. The highest BCUT2D eigenvalue weighted by Crippen LogP contribution is 2.27. The summed E-state index contributed by atoms with van der Waals surface area (Å²) in [6.07, 6.45) is 5.91. The van der Waals surface area contributed by atoms with Gasteiger partial charge in [-0.2, -0.15) is 0 Å². The summed E-state index contributed by atoms with van der Waals surface area (Å²) in [7, 11) is 0. The first-order valence-electron chi connectivity index (χ1n) is 7.39. The Morgan fingerprint density at radius 2 is 2.18 bits per heavy atom. The molecule has 1 N–H and O–H groups in total. The second kappa shape index (κ2) is 6.72. The lowest BCUT2D eigenvalue weighted by molar-refractivity contribution is -0.0263. The van der Waals surface area contributed by atoms with Crippen molar-refractivity contribution in [2.45, 2.75) is 51.7 Å². The Labute approximate surface area is 106 Å². The molecule has 0 aromatic heterocycles. The van der Waals surface area contributed by atoms with Crippen LogP contribution in [-0.2, 0) is 4.74 Å². The molecule has 1 aliphatic carbocycles. The van der Waals surface area contributed by atoms with E-state index in [1.54, 1.807) is 0 Å². The van der Waals surface area contributed by atoms with Crippen LogP contribution in [0.5, 0.6) is 0 Å². The predicted molar refractivity (Wildman–Crippen MR) is 71.3 cm³/mol. The van der Waals surface area contributed by atoms with Crippen LogP contribution in [0, 0.1) is 5.92 Å². The van der Waals surface area contributed by atoms with Gasteiger partial charge in [0.25, 0.3) is 0 Å². The molecule has 2 fully saturated rings. The Morgan fingerprint density at radius 3 is 2.88 bits per heavy atom. The van der Waals surface area contributed by atoms with E-state index >= 15 is 0 Å². The molecule has 17 heavy (non-hydrogen) atoms. The molecule has 0 aromatic carbocycles. The van der Waals surface area contributed by atoms with Gasteiger partial charge < -0.3 is 10.1 Å². The van der Waals surface area contributed by atoms with Gasteiger partial charge in [-0.3, -0.25) is 4.90 Å². The molecule has 1 saturated carbocycles. The summed E-state index contributed by atoms with van der Waals surface area (Å²) in [5.41, 5.74) is 0. The number of rotatable bonds is 5. The van der Waals surface area contributed by atoms with Crippen LogP contribution < -0.4 is 5.32 Å². The van der Waals surface area contributed by atoms with Gasteiger partial charge in [-0.1, -0.05) is 20.3 Å². The Kier molecular flexibility index (Phi) is 5.26. The van der Waals surface area contributed by atoms with E-state index in [0.29, 0.717) is 6.10 Å². The smallest absolute Gasteiger partial charge is 0.0826 e. The van der Waals surface area contributed by atoms with Gasteiger partial charge in [0, 0.05) is 25.7 Å². The molecule has 3 atom stereocenters. The average Bonchev–Trinajstić information content (AvgIpc) is 2.84. The van der Waals surface area contributed by atoms with Crippen molar-refractivity contribution in [2.75, 3.05) is 32.8 Å². The van der Waals surface area contributed by atoms with E-state index in [4.69, 9.17) is 4.74 Å². The number of nitrogens with one attached hydrogen (secondary N) is 1. The molecule has 3 unspecified atom stereocenters. The summed E-state index contributed by atoms with van der Waals surface area (Å²) in [6, 6.07) is 0.751. The van der Waals surface area contributed by atoms with E-state index in [1.807, 2.05) is 0 Å². The molecule has 2 aliphatic rings. The monoisotopic (exact) mass is 240 g/mol. The Hall–Kier alpha value is -0.120. The predicted octanol–water partition coefficient (Wildman–Crippen LogP) is 1.88. The summed E-state index contributed by atoms with van der Waals surface area (Å²) in [5.74, 6) is 0.965. The van der Waals surface area contributed by atoms with Crippen LogP contribution in [0.15, 0.2) is 0 Å². The Balaban J connectivity index is 1.64. The highest BCUT2D eigenvalue weighted by molar-refractivity contribution is 4.82. The highest BCUT2D eigenvalue weighted by atomic mass is 16.5. The largest absolute Gasteiger partial charge is 0.374 e. The minimum absolute atomic E-state index is 0.407. The first-order valence-corrected chi connectivity index (χ1v) is 7.39. The molecule has 3 heteroatoms. The minimum atomic E-state index is 0.407. The van der Waals surface area contributed by atoms with Crippen molar-refractivity contribution < 1.29 is 4.74 Å². The zero-order valence-electron chi connectivity index (χ0n) is 11.5. The molecular weight excluding hydrogens is 212 g/mol. The fourth-order valence-electron chi connectivity index (χ4n) is 3.12. The molecule has 2 rings (SSSR count). The van der Waals surface area contributed by atoms with Gasteiger partial charge in [0.1, 0.15) is 0 Å². The highest BCUT2D eigenvalue weighted by Gasteiger charge is 2.25. The van der Waals surface area contributed by atoms with Crippen molar-refractivity contribution in [1.82, 2.24) is 10.2 Å². The van der Waals surface area contributed by atoms with Gasteiger partial charge >= 0.3 is 0 Å². The molecule has 1 saturated heterocycles. The molecule has 1 aliphatic heterocycles. The molecule has 0 bridgehead atoms. The van der Waals surface area contributed by atoms with Gasteiger partial charge in [0.05, 0.1) is 12.7 Å². The molecule has 0 spiro atoms. The third-order valence-corrected chi connectivity index (χ3v) is 4.42. The third kappa shape index (κ3) is 3.94. The summed E-state index contributed by atoms with van der Waals surface area (Å²) < 4.78 is 5.82. The quantitative estimate of drug-likeness (QED) is 0.794. The fraction of sp³-hybridized carbons (Fsp3) is 1.00. The lowest BCUT2D eigenvalue weighted by Gasteiger charge is -2.32. The zero-order valence-corrected chi connectivity index (χ0v) is 11.5. The number of ether oxygens (including phenoxy) is 1. The number of hydrogen-bond donors (Lipinski definition) is 1. The molecule has 0 amide bonds. The van der Waals surface area contributed by atoms with E-state index in [9.17, 15) is 0 Å². The van der Waals surface area contributed by atoms with E-state index in [-0.39, 0.29) is 0 Å². The van der Waals surface area contributed by atoms with Crippen molar-refractivity contribution in [3.05, 3.63) is 0 Å². The lowest BCUT2D eigenvalue weighted by Crippen LogP contribution is -2.47. The van der Waals surface area contributed by atoms with Gasteiger partial charge in [0.15, 0.2) is 0 Å². The van der Waals surface area contributed by atoms with Crippen LogP contribution in [0.1, 0.15) is 39.5 Å². The van der Waals surface area contributed by atoms with Crippen LogP contribution in [0.4, 0.5) is 0 Å². The van der Waals surface area contributed by atoms with E-state index in [1.165, 1.54) is 25.7 Å². The zero-order chi connectivity index (χ0) is 12.1. The average molecular weight is 240 g/mol. The SMILES string of the molecule is CCC1CCC(NCC2CN(CC)CCO2)C1. The molecule has 1 heterocycles. The first-order chi connectivity index (χ1) is 8.31. The molecule has 0 aromatic rings. The maximum Gasteiger partial charge on any atom is 0.0826 e. The summed E-state index contributed by atoms with van der Waals surface area (Å²) >= 11 is 0. The summed E-state index contributed by atoms with van der Waals surface area (Å²) in [5, 5.41) is 3.71. The van der Waals surface area contributed by atoms with Crippen molar-refractivity contribution in [2.24, 2.45) is 5.92 Å². The molecule has 0 radical (unpaired) electrons. The van der Waals surface area contributed by atoms with Gasteiger partial charge in [-0.05, 0) is 31.7 Å². The number of morpholine rings is 1. The maximum absolute atomic E-state index is 5.82. The number of likely N-dealkylation sites (N-methyl/N-ethyl adjacent to an activating group) is 1. The summed E-state index contributed by atoms with van der Waals surface area (Å²) in [6.45, 7) is 9.86. The maximum atomic E-state index is 5.82. The third-order valence-electron chi connectivity index (χ3n) is 4.42. The molecular formula is C14H28N2O. The van der Waals surface area contributed by atoms with Crippen molar-refractivity contribution in [3.63, 3.8) is 0 Å².